The monoisotopic (exact) mass is 381 g/mol. The zero-order valence-electron chi connectivity index (χ0n) is 13.9. The smallest absolute Gasteiger partial charge is 0.263 e. The normalized spacial score (nSPS) is 10.3. The molecule has 134 valence electrons. The molecular formula is C20H13ClFN3O2. The van der Waals surface area contributed by atoms with Crippen LogP contribution in [0.25, 0.3) is 0 Å². The fraction of sp³-hybridized carbons (Fsp3) is 0.0500. The minimum absolute atomic E-state index is 0.111. The second kappa shape index (κ2) is 7.85. The summed E-state index contributed by atoms with van der Waals surface area (Å²) in [4.78, 5) is 25.2. The van der Waals surface area contributed by atoms with Crippen molar-refractivity contribution in [3.8, 4) is 6.07 Å². The Morgan fingerprint density at radius 3 is 2.67 bits per heavy atom. The lowest BCUT2D eigenvalue weighted by Crippen LogP contribution is -2.29. The van der Waals surface area contributed by atoms with Crippen LogP contribution in [-0.2, 0) is 6.54 Å². The van der Waals surface area contributed by atoms with Gasteiger partial charge in [-0.1, -0.05) is 29.8 Å². The first kappa shape index (κ1) is 18.4. The Labute approximate surface area is 159 Å². The minimum Gasteiger partial charge on any atom is -0.321 e. The van der Waals surface area contributed by atoms with Gasteiger partial charge in [0.25, 0.3) is 11.5 Å². The molecule has 7 heteroatoms. The Morgan fingerprint density at radius 2 is 1.93 bits per heavy atom. The number of amides is 1. The third-order valence-corrected chi connectivity index (χ3v) is 4.30. The summed E-state index contributed by atoms with van der Waals surface area (Å²) in [7, 11) is 0. The number of nitriles is 1. The maximum atomic E-state index is 14.0. The van der Waals surface area contributed by atoms with E-state index in [0.29, 0.717) is 5.69 Å². The van der Waals surface area contributed by atoms with Gasteiger partial charge in [0.05, 0.1) is 17.8 Å². The summed E-state index contributed by atoms with van der Waals surface area (Å²) >= 11 is 6.01. The number of carbonyl (C=O) groups is 1. The van der Waals surface area contributed by atoms with Crippen molar-refractivity contribution in [3.63, 3.8) is 0 Å². The van der Waals surface area contributed by atoms with Crippen molar-refractivity contribution in [3.05, 3.63) is 98.7 Å². The Balaban J connectivity index is 1.92. The highest BCUT2D eigenvalue weighted by molar-refractivity contribution is 6.31. The molecular weight excluding hydrogens is 369 g/mol. The molecule has 0 unspecified atom stereocenters. The van der Waals surface area contributed by atoms with Gasteiger partial charge in [-0.15, -0.1) is 0 Å². The highest BCUT2D eigenvalue weighted by Gasteiger charge is 2.15. The number of aromatic nitrogens is 1. The Bertz CT molecular complexity index is 1100. The van der Waals surface area contributed by atoms with Crippen molar-refractivity contribution in [2.75, 3.05) is 5.32 Å². The first-order valence-corrected chi connectivity index (χ1v) is 8.32. The number of hydrogen-bond donors (Lipinski definition) is 1. The number of nitrogens with one attached hydrogen (secondary N) is 1. The first-order valence-electron chi connectivity index (χ1n) is 7.94. The van der Waals surface area contributed by atoms with E-state index in [1.165, 1.54) is 41.1 Å². The van der Waals surface area contributed by atoms with Crippen molar-refractivity contribution < 1.29 is 9.18 Å². The van der Waals surface area contributed by atoms with Gasteiger partial charge in [-0.25, -0.2) is 4.39 Å². The Hall–Kier alpha value is -3.43. The number of halogens is 2. The highest BCUT2D eigenvalue weighted by Crippen LogP contribution is 2.19. The van der Waals surface area contributed by atoms with E-state index in [-0.39, 0.29) is 28.3 Å². The molecule has 1 N–H and O–H groups in total. The van der Waals surface area contributed by atoms with Crippen LogP contribution >= 0.6 is 11.6 Å². The molecule has 27 heavy (non-hydrogen) atoms. The van der Waals surface area contributed by atoms with Gasteiger partial charge in [-0.05, 0) is 36.4 Å². The summed E-state index contributed by atoms with van der Waals surface area (Å²) in [5, 5.41) is 11.9. The maximum Gasteiger partial charge on any atom is 0.263 e. The van der Waals surface area contributed by atoms with E-state index in [1.807, 2.05) is 6.07 Å². The van der Waals surface area contributed by atoms with Gasteiger partial charge < -0.3 is 9.88 Å². The van der Waals surface area contributed by atoms with Crippen LogP contribution in [0.1, 0.15) is 21.5 Å². The molecule has 1 aromatic heterocycles. The number of anilines is 1. The molecule has 3 aromatic rings. The molecule has 3 rings (SSSR count). The molecule has 0 saturated heterocycles. The quantitative estimate of drug-likeness (QED) is 0.746. The average Bonchev–Trinajstić information content (AvgIpc) is 2.66. The summed E-state index contributed by atoms with van der Waals surface area (Å²) in [5.74, 6) is -1.19. The third kappa shape index (κ3) is 3.89. The lowest BCUT2D eigenvalue weighted by atomic mass is 10.1. The molecule has 0 bridgehead atoms. The molecule has 0 fully saturated rings. The second-order valence-electron chi connectivity index (χ2n) is 5.67. The fourth-order valence-electron chi connectivity index (χ4n) is 2.57. The van der Waals surface area contributed by atoms with Gasteiger partial charge in [0.2, 0.25) is 0 Å². The molecule has 0 atom stereocenters. The lowest BCUT2D eigenvalue weighted by Gasteiger charge is -2.11. The zero-order valence-corrected chi connectivity index (χ0v) is 14.7. The molecule has 0 saturated carbocycles. The Morgan fingerprint density at radius 1 is 1.15 bits per heavy atom. The first-order chi connectivity index (χ1) is 13.0. The van der Waals surface area contributed by atoms with Crippen molar-refractivity contribution in [2.24, 2.45) is 0 Å². The van der Waals surface area contributed by atoms with Crippen molar-refractivity contribution in [2.45, 2.75) is 6.54 Å². The van der Waals surface area contributed by atoms with Crippen molar-refractivity contribution >= 4 is 23.2 Å². The molecule has 0 aliphatic rings. The minimum atomic E-state index is -0.656. The summed E-state index contributed by atoms with van der Waals surface area (Å²) in [6.45, 7) is -0.111. The number of hydrogen-bond acceptors (Lipinski definition) is 3. The van der Waals surface area contributed by atoms with Crippen LogP contribution in [-0.4, -0.2) is 10.5 Å². The van der Waals surface area contributed by atoms with Crippen LogP contribution in [0.2, 0.25) is 5.02 Å². The van der Waals surface area contributed by atoms with Crippen molar-refractivity contribution in [1.29, 1.82) is 5.26 Å². The molecule has 0 spiro atoms. The van der Waals surface area contributed by atoms with E-state index in [1.54, 1.807) is 24.3 Å². The Kier molecular flexibility index (Phi) is 5.34. The predicted molar refractivity (Wildman–Crippen MR) is 100 cm³/mol. The number of benzene rings is 2. The lowest BCUT2D eigenvalue weighted by molar-refractivity contribution is 0.102. The van der Waals surface area contributed by atoms with Crippen LogP contribution < -0.4 is 10.9 Å². The number of rotatable bonds is 4. The van der Waals surface area contributed by atoms with Crippen molar-refractivity contribution in [1.82, 2.24) is 4.57 Å². The van der Waals surface area contributed by atoms with Crippen LogP contribution in [0.3, 0.4) is 0 Å². The van der Waals surface area contributed by atoms with E-state index in [0.717, 1.165) is 0 Å². The van der Waals surface area contributed by atoms with Gasteiger partial charge in [-0.2, -0.15) is 5.26 Å². The van der Waals surface area contributed by atoms with Gasteiger partial charge >= 0.3 is 0 Å². The van der Waals surface area contributed by atoms with Gasteiger partial charge in [0.1, 0.15) is 17.4 Å². The molecule has 0 aliphatic heterocycles. The van der Waals surface area contributed by atoms with Crippen LogP contribution in [0.15, 0.2) is 65.6 Å². The summed E-state index contributed by atoms with van der Waals surface area (Å²) in [5.41, 5.74) is 0.0207. The molecule has 2 aromatic carbocycles. The number of para-hydroxylation sites is 1. The predicted octanol–water partition coefficient (Wildman–Crippen LogP) is 3.81. The maximum absolute atomic E-state index is 14.0. The zero-order chi connectivity index (χ0) is 19.4. The molecule has 0 radical (unpaired) electrons. The standard InChI is InChI=1S/C20H13ClFN3O2/c21-16-7-3-8-17(22)15(16)12-25-10-4-6-14(20(25)27)19(26)24-18-9-2-1-5-13(18)11-23/h1-10H,12H2,(H,24,26). The van der Waals surface area contributed by atoms with E-state index in [2.05, 4.69) is 5.32 Å². The van der Waals surface area contributed by atoms with E-state index < -0.39 is 17.3 Å². The largest absolute Gasteiger partial charge is 0.321 e. The SMILES string of the molecule is N#Cc1ccccc1NC(=O)c1cccn(Cc2c(F)cccc2Cl)c1=O. The van der Waals surface area contributed by atoms with E-state index >= 15 is 0 Å². The van der Waals surface area contributed by atoms with E-state index in [4.69, 9.17) is 16.9 Å². The number of carbonyl (C=O) groups excluding carboxylic acids is 1. The van der Waals surface area contributed by atoms with Gasteiger partial charge in [0.15, 0.2) is 0 Å². The topological polar surface area (TPSA) is 74.9 Å². The summed E-state index contributed by atoms with van der Waals surface area (Å²) < 4.78 is 15.2. The van der Waals surface area contributed by atoms with Crippen LogP contribution in [0.5, 0.6) is 0 Å². The number of nitrogens with zero attached hydrogens (tertiary/aromatic N) is 2. The van der Waals surface area contributed by atoms with Crippen LogP contribution in [0.4, 0.5) is 10.1 Å². The number of pyridine rings is 1. The van der Waals surface area contributed by atoms with Gasteiger partial charge in [-0.3, -0.25) is 9.59 Å². The summed E-state index contributed by atoms with van der Waals surface area (Å²) in [6.07, 6.45) is 1.45. The highest BCUT2D eigenvalue weighted by atomic mass is 35.5. The second-order valence-corrected chi connectivity index (χ2v) is 6.07. The van der Waals surface area contributed by atoms with Crippen LogP contribution in [0, 0.1) is 17.1 Å². The summed E-state index contributed by atoms with van der Waals surface area (Å²) in [6, 6.07) is 15.6. The fourth-order valence-corrected chi connectivity index (χ4v) is 2.79. The molecule has 1 heterocycles. The average molecular weight is 382 g/mol. The van der Waals surface area contributed by atoms with E-state index in [9.17, 15) is 14.0 Å². The molecule has 5 nitrogen and oxygen atoms in total. The molecule has 1 amide bonds. The van der Waals surface area contributed by atoms with Gasteiger partial charge in [0, 0.05) is 16.8 Å². The molecule has 0 aliphatic carbocycles. The third-order valence-electron chi connectivity index (χ3n) is 3.95.